The maximum atomic E-state index is 12.4. The number of aliphatic hydroxyl groups excluding tert-OH is 3. The number of nitrogens with one attached hydrogen (secondary N) is 1. The van der Waals surface area contributed by atoms with E-state index in [9.17, 15) is 20.1 Å². The van der Waals surface area contributed by atoms with Crippen LogP contribution >= 0.6 is 0 Å². The fourth-order valence-electron chi connectivity index (χ4n) is 6.21. The molecule has 0 aliphatic carbocycles. The normalized spacial score (nSPS) is 13.8. The van der Waals surface area contributed by atoms with Gasteiger partial charge in [-0.2, -0.15) is 0 Å². The molecule has 0 saturated carbocycles. The second-order valence-electron chi connectivity index (χ2n) is 13.8. The smallest absolute Gasteiger partial charge is 0.220 e. The zero-order chi connectivity index (χ0) is 33.1. The molecule has 0 rings (SSSR count). The molecular weight excluding hydrogens is 558 g/mol. The molecule has 5 nitrogen and oxygen atoms in total. The molecule has 0 aromatic heterocycles. The number of aliphatic hydroxyl groups is 3. The Bertz CT molecular complexity index is 625. The van der Waals surface area contributed by atoms with Gasteiger partial charge in [0.05, 0.1) is 18.8 Å². The number of hydrogen-bond acceptors (Lipinski definition) is 4. The Labute approximate surface area is 280 Å². The van der Waals surface area contributed by atoms with Crippen LogP contribution < -0.4 is 5.32 Å². The lowest BCUT2D eigenvalue weighted by atomic mass is 9.99. The van der Waals surface area contributed by atoms with Gasteiger partial charge in [-0.25, -0.2) is 0 Å². The van der Waals surface area contributed by atoms with Crippen LogP contribution in [0.4, 0.5) is 0 Å². The summed E-state index contributed by atoms with van der Waals surface area (Å²) >= 11 is 0. The maximum Gasteiger partial charge on any atom is 0.220 e. The number of hydrogen-bond donors (Lipinski definition) is 4. The first-order valence-corrected chi connectivity index (χ1v) is 20.0. The molecule has 0 aromatic rings. The molecule has 1 amide bonds. The third kappa shape index (κ3) is 31.5. The molecule has 0 saturated heterocycles. The van der Waals surface area contributed by atoms with Crippen molar-refractivity contribution in [1.29, 1.82) is 0 Å². The molecule has 3 atom stereocenters. The SMILES string of the molecule is CCCCCCCC/C=C\CCCCCCCCCCCC(=O)N[C@@H](CO)[C@H](O)[C@H](O)CCCCCCCCCCCCCC. The average molecular weight is 638 g/mol. The Morgan fingerprint density at radius 1 is 0.533 bits per heavy atom. The molecule has 0 bridgehead atoms. The van der Waals surface area contributed by atoms with Gasteiger partial charge in [0.15, 0.2) is 0 Å². The van der Waals surface area contributed by atoms with Crippen LogP contribution in [0.2, 0.25) is 0 Å². The van der Waals surface area contributed by atoms with Gasteiger partial charge in [-0.3, -0.25) is 4.79 Å². The molecule has 0 radical (unpaired) electrons. The fourth-order valence-corrected chi connectivity index (χ4v) is 6.21. The highest BCUT2D eigenvalue weighted by molar-refractivity contribution is 5.76. The number of allylic oxidation sites excluding steroid dienone is 2. The Balaban J connectivity index is 3.63. The van der Waals surface area contributed by atoms with Crippen molar-refractivity contribution in [1.82, 2.24) is 5.32 Å². The van der Waals surface area contributed by atoms with E-state index >= 15 is 0 Å². The minimum atomic E-state index is -1.13. The minimum absolute atomic E-state index is 0.147. The zero-order valence-corrected chi connectivity index (χ0v) is 30.3. The lowest BCUT2D eigenvalue weighted by molar-refractivity contribution is -0.124. The molecule has 0 heterocycles. The van der Waals surface area contributed by atoms with E-state index in [0.717, 1.165) is 38.5 Å². The second-order valence-corrected chi connectivity index (χ2v) is 13.8. The number of unbranched alkanes of at least 4 members (excludes halogenated alkanes) is 26. The van der Waals surface area contributed by atoms with E-state index in [2.05, 4.69) is 31.3 Å². The van der Waals surface area contributed by atoms with Crippen LogP contribution in [-0.4, -0.2) is 46.1 Å². The summed E-state index contributed by atoms with van der Waals surface area (Å²) in [6, 6.07) is -0.805. The highest BCUT2D eigenvalue weighted by Crippen LogP contribution is 2.16. The summed E-state index contributed by atoms with van der Waals surface area (Å²) in [4.78, 5) is 12.4. The first kappa shape index (κ1) is 44.1. The Morgan fingerprint density at radius 3 is 1.29 bits per heavy atom. The molecule has 0 spiro atoms. The number of amides is 1. The van der Waals surface area contributed by atoms with Crippen molar-refractivity contribution < 1.29 is 20.1 Å². The van der Waals surface area contributed by atoms with Gasteiger partial charge in [0, 0.05) is 6.42 Å². The predicted octanol–water partition coefficient (Wildman–Crippen LogP) is 10.9. The Kier molecular flexibility index (Phi) is 35.2. The van der Waals surface area contributed by atoms with Crippen LogP contribution in [0, 0.1) is 0 Å². The standard InChI is InChI=1S/C40H79NO4/c1-3-5-7-9-11-13-15-17-18-19-20-21-22-23-25-27-29-31-33-35-39(44)41-37(36-42)40(45)38(43)34-32-30-28-26-24-16-14-12-10-8-6-4-2/h17-18,37-38,40,42-43,45H,3-16,19-36H2,1-2H3,(H,41,44)/b18-17-/t37-,38+,40-/m0/s1. The average Bonchev–Trinajstić information content (AvgIpc) is 3.04. The zero-order valence-electron chi connectivity index (χ0n) is 30.3. The van der Waals surface area contributed by atoms with Gasteiger partial charge in [0.25, 0.3) is 0 Å². The number of carbonyl (C=O) groups excluding carboxylic acids is 1. The second kappa shape index (κ2) is 35.9. The van der Waals surface area contributed by atoms with Crippen LogP contribution in [0.15, 0.2) is 12.2 Å². The van der Waals surface area contributed by atoms with Crippen LogP contribution in [0.1, 0.15) is 213 Å². The molecule has 5 heteroatoms. The van der Waals surface area contributed by atoms with Crippen molar-refractivity contribution in [2.75, 3.05) is 6.61 Å². The third-order valence-corrected chi connectivity index (χ3v) is 9.37. The fraction of sp³-hybridized carbons (Fsp3) is 0.925. The van der Waals surface area contributed by atoms with Gasteiger partial charge < -0.3 is 20.6 Å². The Hall–Kier alpha value is -0.910. The van der Waals surface area contributed by atoms with Crippen LogP contribution in [-0.2, 0) is 4.79 Å². The lowest BCUT2D eigenvalue weighted by Crippen LogP contribution is -2.50. The molecule has 0 unspecified atom stereocenters. The monoisotopic (exact) mass is 638 g/mol. The van der Waals surface area contributed by atoms with E-state index in [1.807, 2.05) is 0 Å². The molecule has 268 valence electrons. The van der Waals surface area contributed by atoms with Gasteiger partial charge in [0.1, 0.15) is 6.10 Å². The van der Waals surface area contributed by atoms with E-state index in [4.69, 9.17) is 0 Å². The summed E-state index contributed by atoms with van der Waals surface area (Å²) in [6.45, 7) is 4.16. The van der Waals surface area contributed by atoms with Gasteiger partial charge in [-0.15, -0.1) is 0 Å². The molecule has 0 aromatic carbocycles. The van der Waals surface area contributed by atoms with Gasteiger partial charge in [0.2, 0.25) is 5.91 Å². The molecule has 0 aliphatic heterocycles. The third-order valence-electron chi connectivity index (χ3n) is 9.37. The predicted molar refractivity (Wildman–Crippen MR) is 195 cm³/mol. The molecule has 0 fully saturated rings. The van der Waals surface area contributed by atoms with E-state index in [1.165, 1.54) is 148 Å². The summed E-state index contributed by atoms with van der Waals surface area (Å²) in [5.74, 6) is -0.147. The topological polar surface area (TPSA) is 89.8 Å². The van der Waals surface area contributed by atoms with Crippen LogP contribution in [0.5, 0.6) is 0 Å². The Morgan fingerprint density at radius 2 is 0.889 bits per heavy atom. The first-order chi connectivity index (χ1) is 22.1. The van der Waals surface area contributed by atoms with E-state index in [0.29, 0.717) is 12.8 Å². The van der Waals surface area contributed by atoms with Crippen LogP contribution in [0.3, 0.4) is 0 Å². The van der Waals surface area contributed by atoms with Crippen molar-refractivity contribution in [3.8, 4) is 0 Å². The van der Waals surface area contributed by atoms with E-state index < -0.39 is 18.2 Å². The van der Waals surface area contributed by atoms with E-state index in [1.54, 1.807) is 0 Å². The number of carbonyl (C=O) groups is 1. The van der Waals surface area contributed by atoms with Crippen molar-refractivity contribution in [2.45, 2.75) is 231 Å². The van der Waals surface area contributed by atoms with Crippen molar-refractivity contribution in [3.63, 3.8) is 0 Å². The number of rotatable bonds is 36. The molecule has 0 aliphatic rings. The van der Waals surface area contributed by atoms with Crippen molar-refractivity contribution in [2.24, 2.45) is 0 Å². The largest absolute Gasteiger partial charge is 0.394 e. The summed E-state index contributed by atoms with van der Waals surface area (Å²) < 4.78 is 0. The highest BCUT2D eigenvalue weighted by atomic mass is 16.3. The highest BCUT2D eigenvalue weighted by Gasteiger charge is 2.26. The van der Waals surface area contributed by atoms with Crippen molar-refractivity contribution >= 4 is 5.91 Å². The summed E-state index contributed by atoms with van der Waals surface area (Å²) in [6.07, 6.45) is 40.2. The van der Waals surface area contributed by atoms with E-state index in [-0.39, 0.29) is 12.5 Å². The maximum absolute atomic E-state index is 12.4. The van der Waals surface area contributed by atoms with Crippen LogP contribution in [0.25, 0.3) is 0 Å². The van der Waals surface area contributed by atoms with Crippen molar-refractivity contribution in [3.05, 3.63) is 12.2 Å². The first-order valence-electron chi connectivity index (χ1n) is 20.0. The van der Waals surface area contributed by atoms with Gasteiger partial charge >= 0.3 is 0 Å². The quantitative estimate of drug-likeness (QED) is 0.0406. The summed E-state index contributed by atoms with van der Waals surface area (Å²) in [5.41, 5.74) is 0. The van der Waals surface area contributed by atoms with Gasteiger partial charge in [-0.1, -0.05) is 180 Å². The molecule has 4 N–H and O–H groups in total. The summed E-state index contributed by atoms with van der Waals surface area (Å²) in [7, 11) is 0. The van der Waals surface area contributed by atoms with Gasteiger partial charge in [-0.05, 0) is 38.5 Å². The molecular formula is C40H79NO4. The summed E-state index contributed by atoms with van der Waals surface area (Å²) in [5, 5.41) is 33.4. The minimum Gasteiger partial charge on any atom is -0.394 e. The molecule has 45 heavy (non-hydrogen) atoms. The lowest BCUT2D eigenvalue weighted by Gasteiger charge is -2.26.